The summed E-state index contributed by atoms with van der Waals surface area (Å²) < 4.78 is 74.7. The van der Waals surface area contributed by atoms with Gasteiger partial charge in [0, 0.05) is 7.11 Å². The normalized spacial score (nSPS) is 25.2. The van der Waals surface area contributed by atoms with Crippen molar-refractivity contribution in [2.45, 2.75) is 117 Å². The number of rotatable bonds is 27. The quantitative estimate of drug-likeness (QED) is 0.0279. The van der Waals surface area contributed by atoms with Gasteiger partial charge in [-0.25, -0.2) is 0 Å². The molecular weight excluding hydrogens is 1040 g/mol. The Morgan fingerprint density at radius 3 is 1.17 bits per heavy atom. The molecule has 0 amide bonds. The third-order valence-electron chi connectivity index (χ3n) is 12.6. The highest BCUT2D eigenvalue weighted by atomic mass is 127. The van der Waals surface area contributed by atoms with Crippen LogP contribution in [0.5, 0.6) is 0 Å². The van der Waals surface area contributed by atoms with Crippen LogP contribution in [0, 0.1) is 0 Å². The summed E-state index contributed by atoms with van der Waals surface area (Å²) in [7, 11) is 1.62. The topological polar surface area (TPSA) is 102 Å². The number of thioether (sulfide) groups is 1. The average Bonchev–Trinajstić information content (AvgIpc) is 3.43. The first kappa shape index (κ1) is 54.2. The van der Waals surface area contributed by atoms with E-state index in [2.05, 4.69) is 65.9 Å². The van der Waals surface area contributed by atoms with Gasteiger partial charge in [0.2, 0.25) is 0 Å². The number of halogens is 1. The van der Waals surface area contributed by atoms with E-state index in [9.17, 15) is 0 Å². The van der Waals surface area contributed by atoms with Crippen molar-refractivity contribution in [1.82, 2.24) is 0 Å². The molecule has 0 aromatic heterocycles. The maximum atomic E-state index is 7.21. The van der Waals surface area contributed by atoms with E-state index in [1.807, 2.05) is 152 Å². The highest BCUT2D eigenvalue weighted by Gasteiger charge is 2.51. The van der Waals surface area contributed by atoms with Crippen LogP contribution >= 0.6 is 34.4 Å². The molecule has 382 valence electrons. The van der Waals surface area contributed by atoms with Gasteiger partial charge in [-0.3, -0.25) is 0 Å². The van der Waals surface area contributed by atoms with Crippen LogP contribution in [0.2, 0.25) is 0 Å². The van der Waals surface area contributed by atoms with Crippen LogP contribution in [0.3, 0.4) is 0 Å². The number of ether oxygens (including phenoxy) is 11. The van der Waals surface area contributed by atoms with Crippen molar-refractivity contribution in [3.63, 3.8) is 0 Å². The molecule has 2 heterocycles. The molecule has 12 atom stereocenters. The number of methoxy groups -OCH3 is 1. The van der Waals surface area contributed by atoms with Crippen LogP contribution in [0.15, 0.2) is 182 Å². The Hall–Kier alpha value is -4.04. The van der Waals surface area contributed by atoms with Gasteiger partial charge in [0.25, 0.3) is 0 Å². The van der Waals surface area contributed by atoms with Crippen LogP contribution in [0.1, 0.15) is 40.3 Å². The summed E-state index contributed by atoms with van der Waals surface area (Å²) in [5.74, 6) is 0. The smallest absolute Gasteiger partial charge is 0.186 e. The summed E-state index contributed by atoms with van der Waals surface area (Å²) in [6.07, 6.45) is -4.48. The zero-order chi connectivity index (χ0) is 49.7. The largest absolute Gasteiger partial charge is 0.374 e. The van der Waals surface area contributed by atoms with Gasteiger partial charge in [0.05, 0.1) is 56.8 Å². The van der Waals surface area contributed by atoms with Crippen LogP contribution in [-0.2, 0) is 91.7 Å². The maximum absolute atomic E-state index is 7.21. The number of alkyl halides is 1. The Kier molecular flexibility index (Phi) is 22.0. The zero-order valence-corrected chi connectivity index (χ0v) is 44.2. The average molecular weight is 1110 g/mol. The fraction of sp³-hybridized carbons (Fsp3) is 0.390. The fourth-order valence-corrected chi connectivity index (χ4v) is 9.95. The van der Waals surface area contributed by atoms with Gasteiger partial charge in [-0.2, -0.15) is 0 Å². The van der Waals surface area contributed by atoms with Gasteiger partial charge >= 0.3 is 0 Å². The number of hydrogen-bond acceptors (Lipinski definition) is 12. The molecule has 0 bridgehead atoms. The molecule has 0 N–H and O–H groups in total. The lowest BCUT2D eigenvalue weighted by molar-refractivity contribution is -0.331. The van der Waals surface area contributed by atoms with Crippen molar-refractivity contribution in [2.24, 2.45) is 0 Å². The van der Waals surface area contributed by atoms with Gasteiger partial charge in [-0.1, -0.05) is 205 Å². The molecule has 0 saturated carbocycles. The van der Waals surface area contributed by atoms with Crippen molar-refractivity contribution in [2.75, 3.05) is 26.6 Å². The Bertz CT molecular complexity index is 2380. The molecular formula is C59H67IO11S. The predicted octanol–water partition coefficient (Wildman–Crippen LogP) is 11.1. The lowest BCUT2D eigenvalue weighted by Gasteiger charge is -2.47. The van der Waals surface area contributed by atoms with Crippen molar-refractivity contribution in [3.8, 4) is 0 Å². The molecule has 2 unspecified atom stereocenters. The van der Waals surface area contributed by atoms with Crippen LogP contribution in [-0.4, -0.2) is 97.4 Å². The van der Waals surface area contributed by atoms with Crippen molar-refractivity contribution in [3.05, 3.63) is 215 Å². The molecule has 2 aliphatic rings. The Balaban J connectivity index is 1.07. The minimum Gasteiger partial charge on any atom is -0.374 e. The summed E-state index contributed by atoms with van der Waals surface area (Å²) in [4.78, 5) is 0. The van der Waals surface area contributed by atoms with Gasteiger partial charge in [0.15, 0.2) is 12.6 Å². The summed E-state index contributed by atoms with van der Waals surface area (Å²) in [5, 5.41) is 0. The third-order valence-corrected chi connectivity index (χ3v) is 14.0. The molecule has 13 heteroatoms. The summed E-state index contributed by atoms with van der Waals surface area (Å²) in [6.45, 7) is 4.44. The molecule has 72 heavy (non-hydrogen) atoms. The fourth-order valence-electron chi connectivity index (χ4n) is 8.83. The minimum atomic E-state index is -0.817. The molecule has 0 aliphatic carbocycles. The summed E-state index contributed by atoms with van der Waals surface area (Å²) in [5.41, 5.74) is 5.68. The molecule has 0 radical (unpaired) electrons. The second kappa shape index (κ2) is 29.2. The SMILES string of the molecule is CO[C@H]1O[C@H](COC(O[C@@H]2[C@@H](OCc3ccccc3)[C@H](OCc3ccccc3)[C@@H](COCc3ccccc3)O[C@H]2SC)C(C)I)[C@@H](OCc2ccccc2)[C@H](OCc2ccccc2)[C@@H]1OCc1ccccc1. The maximum Gasteiger partial charge on any atom is 0.186 e. The van der Waals surface area contributed by atoms with E-state index in [1.165, 1.54) is 0 Å². The Morgan fingerprint density at radius 2 is 0.792 bits per heavy atom. The van der Waals surface area contributed by atoms with Gasteiger partial charge in [-0.15, -0.1) is 11.8 Å². The van der Waals surface area contributed by atoms with E-state index in [-0.39, 0.29) is 17.1 Å². The van der Waals surface area contributed by atoms with Crippen molar-refractivity contribution >= 4 is 34.4 Å². The monoisotopic (exact) mass is 1110 g/mol. The van der Waals surface area contributed by atoms with E-state index in [1.54, 1.807) is 18.9 Å². The van der Waals surface area contributed by atoms with Crippen LogP contribution in [0.4, 0.5) is 0 Å². The lowest BCUT2D eigenvalue weighted by atomic mass is 9.97. The predicted molar refractivity (Wildman–Crippen MR) is 287 cm³/mol. The van der Waals surface area contributed by atoms with Crippen LogP contribution < -0.4 is 0 Å². The van der Waals surface area contributed by atoms with E-state index in [0.717, 1.165) is 33.4 Å². The van der Waals surface area contributed by atoms with Crippen molar-refractivity contribution in [1.29, 1.82) is 0 Å². The second-order valence-electron chi connectivity index (χ2n) is 17.8. The molecule has 0 spiro atoms. The highest BCUT2D eigenvalue weighted by Crippen LogP contribution is 2.37. The van der Waals surface area contributed by atoms with E-state index >= 15 is 0 Å². The lowest BCUT2D eigenvalue weighted by Crippen LogP contribution is -2.62. The van der Waals surface area contributed by atoms with E-state index in [0.29, 0.717) is 39.6 Å². The van der Waals surface area contributed by atoms with Gasteiger partial charge in [0.1, 0.15) is 54.3 Å². The Morgan fingerprint density at radius 1 is 0.444 bits per heavy atom. The molecule has 2 aliphatic heterocycles. The molecule has 8 rings (SSSR count). The van der Waals surface area contributed by atoms with Crippen molar-refractivity contribution < 1.29 is 52.1 Å². The van der Waals surface area contributed by atoms with Crippen LogP contribution in [0.25, 0.3) is 0 Å². The molecule has 6 aromatic carbocycles. The second-order valence-corrected chi connectivity index (χ2v) is 20.7. The molecule has 2 saturated heterocycles. The first-order chi connectivity index (χ1) is 35.4. The summed E-state index contributed by atoms with van der Waals surface area (Å²) in [6, 6.07) is 60.6. The highest BCUT2D eigenvalue weighted by molar-refractivity contribution is 14.1. The number of benzene rings is 6. The first-order valence-electron chi connectivity index (χ1n) is 24.6. The number of hydrogen-bond donors (Lipinski definition) is 0. The minimum absolute atomic E-state index is 0.0743. The summed E-state index contributed by atoms with van der Waals surface area (Å²) >= 11 is 3.92. The van der Waals surface area contributed by atoms with E-state index < -0.39 is 66.8 Å². The van der Waals surface area contributed by atoms with Gasteiger partial charge < -0.3 is 52.1 Å². The standard InChI is InChI=1S/C59H67IO11S/c1-42(60)57(68-41-50-52(64-36-45-26-14-6-15-27-45)53(65-37-46-28-16-7-17-29-46)55(58(61-2)69-50)67-39-48-32-20-9-21-33-48)71-56-54(66-38-47-30-18-8-19-31-47)51(63-35-44-24-12-5-13-25-44)49(70-59(56)72-3)40-62-34-43-22-10-4-11-23-43/h4-33,42,49-59H,34-41H2,1-3H3/t42?,49-,50-,51-,52-,53+,54+,55+,56-,57?,58+,59+/m1/s1. The molecule has 11 nitrogen and oxygen atoms in total. The molecule has 6 aromatic rings. The van der Waals surface area contributed by atoms with Gasteiger partial charge in [-0.05, 0) is 46.6 Å². The molecule has 2 fully saturated rings. The zero-order valence-electron chi connectivity index (χ0n) is 41.2. The third kappa shape index (κ3) is 16.0. The first-order valence-corrected chi connectivity index (χ1v) is 27.2. The van der Waals surface area contributed by atoms with E-state index in [4.69, 9.17) is 52.1 Å². The Labute approximate surface area is 443 Å².